The first kappa shape index (κ1) is 28.0. The van der Waals surface area contributed by atoms with E-state index in [4.69, 9.17) is 14.5 Å². The van der Waals surface area contributed by atoms with Crippen molar-refractivity contribution >= 4 is 34.7 Å². The molecule has 1 unspecified atom stereocenters. The number of ether oxygens (including phenoxy) is 2. The Bertz CT molecular complexity index is 1510. The second-order valence-electron chi connectivity index (χ2n) is 12.0. The van der Waals surface area contributed by atoms with E-state index in [1.165, 1.54) is 25.9 Å². The summed E-state index contributed by atoms with van der Waals surface area (Å²) in [5.74, 6) is 1.66. The van der Waals surface area contributed by atoms with Gasteiger partial charge in [-0.25, -0.2) is 4.98 Å². The lowest BCUT2D eigenvalue weighted by Crippen LogP contribution is -2.53. The molecule has 1 amide bonds. The number of piperidine rings is 1. The SMILES string of the molecule is COc1cc(C2(N3CCC(N4CCN(C)CC4)CC3)CO2)ccc1Nc1ncc2c(n1)N(C)c1ccccc1C(=O)N2C. The molecule has 3 saturated heterocycles. The Balaban J connectivity index is 1.09. The minimum atomic E-state index is -0.382. The second-order valence-corrected chi connectivity index (χ2v) is 12.0. The monoisotopic (exact) mass is 584 g/mol. The number of likely N-dealkylation sites (N-methyl/N-ethyl adjacent to an activating group) is 1. The molecule has 4 aliphatic rings. The van der Waals surface area contributed by atoms with Gasteiger partial charge in [0.2, 0.25) is 5.95 Å². The van der Waals surface area contributed by atoms with Gasteiger partial charge in [0.25, 0.3) is 5.91 Å². The molecule has 0 bridgehead atoms. The summed E-state index contributed by atoms with van der Waals surface area (Å²) >= 11 is 0. The van der Waals surface area contributed by atoms with Crippen LogP contribution in [0, 0.1) is 0 Å². The number of aromatic nitrogens is 2. The maximum Gasteiger partial charge on any atom is 0.260 e. The molecule has 1 aromatic heterocycles. The lowest BCUT2D eigenvalue weighted by atomic mass is 9.97. The summed E-state index contributed by atoms with van der Waals surface area (Å²) in [5, 5.41) is 3.35. The van der Waals surface area contributed by atoms with Gasteiger partial charge in [0.15, 0.2) is 11.5 Å². The van der Waals surface area contributed by atoms with E-state index in [-0.39, 0.29) is 11.6 Å². The van der Waals surface area contributed by atoms with Crippen LogP contribution in [-0.2, 0) is 10.5 Å². The highest BCUT2D eigenvalue weighted by atomic mass is 16.6. The Kier molecular flexibility index (Phi) is 7.21. The maximum absolute atomic E-state index is 13.1. The number of rotatable bonds is 6. The van der Waals surface area contributed by atoms with Crippen LogP contribution in [0.4, 0.5) is 28.8 Å². The lowest BCUT2D eigenvalue weighted by molar-refractivity contribution is 0.0135. The predicted molar refractivity (Wildman–Crippen MR) is 167 cm³/mol. The predicted octanol–water partition coefficient (Wildman–Crippen LogP) is 3.48. The molecule has 11 heteroatoms. The number of para-hydroxylation sites is 1. The van der Waals surface area contributed by atoms with Crippen molar-refractivity contribution < 1.29 is 14.3 Å². The van der Waals surface area contributed by atoms with E-state index in [0.29, 0.717) is 41.4 Å². The molecule has 0 spiro atoms. The standard InChI is InChI=1S/C32H40N8O3/c1-36-15-17-39(18-16-36)23-11-13-40(14-12-23)32(21-43-32)22-9-10-25(28(19-22)42-4)34-31-33-20-27-29(35-31)37(2)26-8-6-5-7-24(26)30(41)38(27)3/h5-10,19-20,23H,11-18,21H2,1-4H3,(H,33,34,35). The Hall–Kier alpha value is -3.77. The van der Waals surface area contributed by atoms with Crippen molar-refractivity contribution in [1.29, 1.82) is 0 Å². The van der Waals surface area contributed by atoms with Crippen molar-refractivity contribution in [2.24, 2.45) is 0 Å². The highest BCUT2D eigenvalue weighted by molar-refractivity contribution is 6.13. The zero-order valence-corrected chi connectivity index (χ0v) is 25.4. The van der Waals surface area contributed by atoms with Gasteiger partial charge in [-0.3, -0.25) is 14.6 Å². The van der Waals surface area contributed by atoms with Crippen LogP contribution in [0.5, 0.6) is 5.75 Å². The van der Waals surface area contributed by atoms with E-state index < -0.39 is 0 Å². The number of nitrogens with one attached hydrogen (secondary N) is 1. The molecular weight excluding hydrogens is 544 g/mol. The van der Waals surface area contributed by atoms with Gasteiger partial charge in [0, 0.05) is 65.0 Å². The van der Waals surface area contributed by atoms with Crippen LogP contribution in [0.15, 0.2) is 48.7 Å². The van der Waals surface area contributed by atoms with Gasteiger partial charge in [0.1, 0.15) is 11.4 Å². The minimum absolute atomic E-state index is 0.0949. The molecular formula is C32H40N8O3. The number of likely N-dealkylation sites (tertiary alicyclic amines) is 1. The molecule has 5 heterocycles. The third-order valence-corrected chi connectivity index (χ3v) is 9.58. The first-order valence-electron chi connectivity index (χ1n) is 15.1. The molecule has 11 nitrogen and oxygen atoms in total. The number of amides is 1. The zero-order valence-electron chi connectivity index (χ0n) is 25.4. The normalized spacial score (nSPS) is 23.5. The molecule has 3 aromatic rings. The number of epoxide rings is 1. The minimum Gasteiger partial charge on any atom is -0.495 e. The molecule has 7 rings (SSSR count). The first-order valence-corrected chi connectivity index (χ1v) is 15.1. The van der Waals surface area contributed by atoms with Crippen molar-refractivity contribution in [3.8, 4) is 5.75 Å². The molecule has 4 aliphatic heterocycles. The molecule has 1 N–H and O–H groups in total. The Morgan fingerprint density at radius 3 is 2.42 bits per heavy atom. The van der Waals surface area contributed by atoms with E-state index in [2.05, 4.69) is 44.2 Å². The second kappa shape index (κ2) is 11.1. The Morgan fingerprint density at radius 1 is 0.953 bits per heavy atom. The third-order valence-electron chi connectivity index (χ3n) is 9.58. The van der Waals surface area contributed by atoms with Crippen LogP contribution in [0.3, 0.4) is 0 Å². The molecule has 0 aliphatic carbocycles. The van der Waals surface area contributed by atoms with Crippen LogP contribution >= 0.6 is 0 Å². The van der Waals surface area contributed by atoms with E-state index in [1.807, 2.05) is 42.3 Å². The fraction of sp³-hybridized carbons (Fsp3) is 0.469. The van der Waals surface area contributed by atoms with Crippen molar-refractivity contribution in [3.05, 3.63) is 59.8 Å². The number of piperazine rings is 1. The van der Waals surface area contributed by atoms with Crippen molar-refractivity contribution in [3.63, 3.8) is 0 Å². The number of hydrogen-bond acceptors (Lipinski definition) is 10. The Labute approximate surface area is 253 Å². The molecule has 1 atom stereocenters. The van der Waals surface area contributed by atoms with E-state index >= 15 is 0 Å². The van der Waals surface area contributed by atoms with Crippen molar-refractivity contribution in [2.75, 3.05) is 89.2 Å². The van der Waals surface area contributed by atoms with Crippen molar-refractivity contribution in [2.45, 2.75) is 24.6 Å². The number of anilines is 5. The molecule has 226 valence electrons. The summed E-state index contributed by atoms with van der Waals surface area (Å²) in [6.07, 6.45) is 4.02. The van der Waals surface area contributed by atoms with E-state index in [1.54, 1.807) is 25.3 Å². The number of methoxy groups -OCH3 is 1. The van der Waals surface area contributed by atoms with Crippen LogP contribution in [0.2, 0.25) is 0 Å². The molecule has 3 fully saturated rings. The van der Waals surface area contributed by atoms with Gasteiger partial charge in [0.05, 0.1) is 36.9 Å². The lowest BCUT2D eigenvalue weighted by Gasteiger charge is -2.43. The summed E-state index contributed by atoms with van der Waals surface area (Å²) < 4.78 is 12.0. The number of benzene rings is 2. The van der Waals surface area contributed by atoms with Crippen LogP contribution < -0.4 is 19.9 Å². The smallest absolute Gasteiger partial charge is 0.260 e. The van der Waals surface area contributed by atoms with Crippen LogP contribution in [-0.4, -0.2) is 111 Å². The fourth-order valence-electron chi connectivity index (χ4n) is 6.80. The van der Waals surface area contributed by atoms with Crippen molar-refractivity contribution in [1.82, 2.24) is 24.7 Å². The average molecular weight is 585 g/mol. The van der Waals surface area contributed by atoms with Crippen LogP contribution in [0.1, 0.15) is 28.8 Å². The van der Waals surface area contributed by atoms with Gasteiger partial charge >= 0.3 is 0 Å². The quantitative estimate of drug-likeness (QED) is 0.434. The van der Waals surface area contributed by atoms with Gasteiger partial charge in [-0.05, 0) is 44.2 Å². The molecule has 0 radical (unpaired) electrons. The third kappa shape index (κ3) is 5.00. The summed E-state index contributed by atoms with van der Waals surface area (Å²) in [6, 6.07) is 14.4. The molecule has 43 heavy (non-hydrogen) atoms. The number of fused-ring (bicyclic) bond motifs is 2. The number of hydrogen-bond donors (Lipinski definition) is 1. The largest absolute Gasteiger partial charge is 0.495 e. The Morgan fingerprint density at radius 2 is 1.70 bits per heavy atom. The number of carbonyl (C=O) groups is 1. The number of nitrogens with zero attached hydrogens (tertiary/aromatic N) is 7. The summed E-state index contributed by atoms with van der Waals surface area (Å²) in [4.78, 5) is 33.6. The zero-order chi connectivity index (χ0) is 29.7. The van der Waals surface area contributed by atoms with E-state index in [0.717, 1.165) is 43.1 Å². The van der Waals surface area contributed by atoms with Crippen LogP contribution in [0.25, 0.3) is 0 Å². The fourth-order valence-corrected chi connectivity index (χ4v) is 6.80. The summed E-state index contributed by atoms with van der Waals surface area (Å²) in [6.45, 7) is 7.39. The summed E-state index contributed by atoms with van der Waals surface area (Å²) in [7, 11) is 7.55. The number of carbonyl (C=O) groups excluding carboxylic acids is 1. The molecule has 0 saturated carbocycles. The highest BCUT2D eigenvalue weighted by Gasteiger charge is 2.53. The van der Waals surface area contributed by atoms with Gasteiger partial charge < -0.3 is 29.5 Å². The topological polar surface area (TPSA) is 92.8 Å². The van der Waals surface area contributed by atoms with Gasteiger partial charge in [-0.15, -0.1) is 0 Å². The maximum atomic E-state index is 13.1. The van der Waals surface area contributed by atoms with E-state index in [9.17, 15) is 4.79 Å². The highest BCUT2D eigenvalue weighted by Crippen LogP contribution is 2.46. The summed E-state index contributed by atoms with van der Waals surface area (Å²) in [5.41, 5.74) is 3.54. The van der Waals surface area contributed by atoms with Gasteiger partial charge in [-0.2, -0.15) is 4.98 Å². The first-order chi connectivity index (χ1) is 20.9. The average Bonchev–Trinajstić information content (AvgIpc) is 3.87. The molecule has 2 aromatic carbocycles. The van der Waals surface area contributed by atoms with Gasteiger partial charge in [-0.1, -0.05) is 18.2 Å².